The van der Waals surface area contributed by atoms with Crippen LogP contribution >= 0.6 is 11.3 Å². The fraction of sp³-hybridized carbons (Fsp3) is 0.714. The van der Waals surface area contributed by atoms with Gasteiger partial charge in [-0.15, -0.1) is 11.3 Å². The average molecular weight is 321 g/mol. The van der Waals surface area contributed by atoms with Crippen LogP contribution in [0.25, 0.3) is 0 Å². The third kappa shape index (κ3) is 3.75. The Morgan fingerprint density at radius 3 is 2.48 bits per heavy atom. The van der Waals surface area contributed by atoms with Gasteiger partial charge in [-0.3, -0.25) is 0 Å². The molecule has 0 spiro atoms. The number of carbonyl (C=O) groups is 1. The molecule has 7 heteroatoms. The molecule has 1 aliphatic rings. The summed E-state index contributed by atoms with van der Waals surface area (Å²) < 4.78 is 42.9. The van der Waals surface area contributed by atoms with Gasteiger partial charge in [0.25, 0.3) is 0 Å². The van der Waals surface area contributed by atoms with E-state index in [0.29, 0.717) is 30.0 Å². The molecule has 0 aromatic carbocycles. The Balaban J connectivity index is 2.04. The van der Waals surface area contributed by atoms with Crippen LogP contribution in [0.3, 0.4) is 0 Å². The van der Waals surface area contributed by atoms with E-state index in [2.05, 4.69) is 4.98 Å². The smallest absolute Gasteiger partial charge is 0.391 e. The Morgan fingerprint density at radius 2 is 1.95 bits per heavy atom. The van der Waals surface area contributed by atoms with Gasteiger partial charge in [0.05, 0.1) is 23.2 Å². The quantitative estimate of drug-likeness (QED) is 0.771. The van der Waals surface area contributed by atoms with Crippen LogP contribution in [0.4, 0.5) is 13.2 Å². The van der Waals surface area contributed by atoms with Gasteiger partial charge in [-0.2, -0.15) is 13.2 Å². The summed E-state index contributed by atoms with van der Waals surface area (Å²) in [6, 6.07) is 0. The molecule has 0 radical (unpaired) electrons. The molecule has 1 fully saturated rings. The molecule has 0 saturated heterocycles. The third-order valence-corrected chi connectivity index (χ3v) is 5.11. The number of ether oxygens (including phenoxy) is 1. The number of thiazole rings is 1. The monoisotopic (exact) mass is 321 g/mol. The summed E-state index contributed by atoms with van der Waals surface area (Å²) in [4.78, 5) is 16.6. The molecule has 1 aliphatic carbocycles. The topological polar surface area (TPSA) is 39.2 Å². The van der Waals surface area contributed by atoms with Crippen LogP contribution in [0, 0.1) is 12.8 Å². The standard InChI is InChI=1S/C14H18F3NO2S/c1-3-20-13(19)11-8(2)18-12(21-11)9-4-6-10(7-5-9)14(15,16)17/h9-10H,3-7H2,1-2H3/t9-,10-. The highest BCUT2D eigenvalue weighted by molar-refractivity contribution is 7.13. The maximum absolute atomic E-state index is 12.7. The number of esters is 1. The van der Waals surface area contributed by atoms with Crippen molar-refractivity contribution >= 4 is 17.3 Å². The maximum Gasteiger partial charge on any atom is 0.391 e. The van der Waals surface area contributed by atoms with Crippen molar-refractivity contribution in [3.63, 3.8) is 0 Å². The molecule has 2 rings (SSSR count). The first-order valence-corrected chi connectivity index (χ1v) is 7.85. The van der Waals surface area contributed by atoms with Crippen LogP contribution in [0.1, 0.15) is 58.9 Å². The van der Waals surface area contributed by atoms with Crippen molar-refractivity contribution in [1.82, 2.24) is 4.98 Å². The lowest BCUT2D eigenvalue weighted by molar-refractivity contribution is -0.182. The number of nitrogens with zero attached hydrogens (tertiary/aromatic N) is 1. The normalized spacial score (nSPS) is 23.1. The first kappa shape index (κ1) is 16.3. The predicted octanol–water partition coefficient (Wildman–Crippen LogP) is 4.46. The van der Waals surface area contributed by atoms with Crippen molar-refractivity contribution in [3.05, 3.63) is 15.6 Å². The second-order valence-corrected chi connectivity index (χ2v) is 6.31. The van der Waals surface area contributed by atoms with Crippen LogP contribution in [-0.4, -0.2) is 23.7 Å². The van der Waals surface area contributed by atoms with E-state index in [4.69, 9.17) is 4.74 Å². The van der Waals surface area contributed by atoms with E-state index in [1.165, 1.54) is 11.3 Å². The third-order valence-electron chi connectivity index (χ3n) is 3.81. The Morgan fingerprint density at radius 1 is 1.33 bits per heavy atom. The lowest BCUT2D eigenvalue weighted by Crippen LogP contribution is -2.27. The van der Waals surface area contributed by atoms with Crippen molar-refractivity contribution in [2.75, 3.05) is 6.61 Å². The largest absolute Gasteiger partial charge is 0.462 e. The first-order valence-electron chi connectivity index (χ1n) is 7.04. The lowest BCUT2D eigenvalue weighted by Gasteiger charge is -2.28. The number of aromatic nitrogens is 1. The summed E-state index contributed by atoms with van der Waals surface area (Å²) in [6.07, 6.45) is -2.87. The highest BCUT2D eigenvalue weighted by atomic mass is 32.1. The summed E-state index contributed by atoms with van der Waals surface area (Å²) in [5, 5.41) is 0.760. The molecule has 1 aromatic heterocycles. The van der Waals surface area contributed by atoms with Crippen molar-refractivity contribution in [2.24, 2.45) is 5.92 Å². The van der Waals surface area contributed by atoms with Crippen LogP contribution in [0.15, 0.2) is 0 Å². The fourth-order valence-electron chi connectivity index (χ4n) is 2.65. The molecule has 0 N–H and O–H groups in total. The number of rotatable bonds is 3. The zero-order valence-electron chi connectivity index (χ0n) is 12.0. The highest BCUT2D eigenvalue weighted by Crippen LogP contribution is 2.43. The van der Waals surface area contributed by atoms with E-state index in [1.54, 1.807) is 13.8 Å². The summed E-state index contributed by atoms with van der Waals surface area (Å²) in [5.41, 5.74) is 0.603. The maximum atomic E-state index is 12.7. The minimum atomic E-state index is -4.10. The molecular weight excluding hydrogens is 303 g/mol. The van der Waals surface area contributed by atoms with Gasteiger partial charge in [0.2, 0.25) is 0 Å². The molecule has 21 heavy (non-hydrogen) atoms. The van der Waals surface area contributed by atoms with E-state index >= 15 is 0 Å². The average Bonchev–Trinajstić information content (AvgIpc) is 2.80. The van der Waals surface area contributed by atoms with E-state index in [0.717, 1.165) is 5.01 Å². The van der Waals surface area contributed by atoms with Crippen molar-refractivity contribution in [2.45, 2.75) is 51.6 Å². The molecule has 0 bridgehead atoms. The SMILES string of the molecule is CCOC(=O)c1sc([C@H]2CC[C@H](C(F)(F)F)CC2)nc1C. The number of halogens is 3. The number of carbonyl (C=O) groups excluding carboxylic acids is 1. The minimum Gasteiger partial charge on any atom is -0.462 e. The van der Waals surface area contributed by atoms with Crippen molar-refractivity contribution in [1.29, 1.82) is 0 Å². The summed E-state index contributed by atoms with van der Waals surface area (Å²) in [7, 11) is 0. The summed E-state index contributed by atoms with van der Waals surface area (Å²) in [5.74, 6) is -1.57. The zero-order valence-corrected chi connectivity index (χ0v) is 12.8. The molecule has 118 valence electrons. The zero-order chi connectivity index (χ0) is 15.6. The molecule has 0 atom stereocenters. The number of hydrogen-bond donors (Lipinski definition) is 0. The predicted molar refractivity (Wildman–Crippen MR) is 73.6 cm³/mol. The second-order valence-electron chi connectivity index (χ2n) is 5.28. The number of alkyl halides is 3. The molecular formula is C14H18F3NO2S. The Bertz CT molecular complexity index is 505. The van der Waals surface area contributed by atoms with Crippen LogP contribution in [0.5, 0.6) is 0 Å². The molecule has 0 amide bonds. The fourth-order valence-corrected chi connectivity index (χ4v) is 3.78. The van der Waals surface area contributed by atoms with Gasteiger partial charge in [-0.05, 0) is 39.5 Å². The van der Waals surface area contributed by atoms with Gasteiger partial charge in [-0.1, -0.05) is 0 Å². The molecule has 0 unspecified atom stereocenters. The molecule has 0 aliphatic heterocycles. The van der Waals surface area contributed by atoms with Gasteiger partial charge in [0, 0.05) is 5.92 Å². The van der Waals surface area contributed by atoms with Crippen LogP contribution in [-0.2, 0) is 4.74 Å². The van der Waals surface area contributed by atoms with E-state index in [9.17, 15) is 18.0 Å². The minimum absolute atomic E-state index is 0.0236. The second kappa shape index (κ2) is 6.34. The molecule has 3 nitrogen and oxygen atoms in total. The van der Waals surface area contributed by atoms with Gasteiger partial charge >= 0.3 is 12.1 Å². The van der Waals surface area contributed by atoms with Crippen molar-refractivity contribution in [3.8, 4) is 0 Å². The number of hydrogen-bond acceptors (Lipinski definition) is 4. The summed E-state index contributed by atoms with van der Waals surface area (Å²) >= 11 is 1.26. The van der Waals surface area contributed by atoms with Crippen LogP contribution in [0.2, 0.25) is 0 Å². The van der Waals surface area contributed by atoms with E-state index in [-0.39, 0.29) is 18.8 Å². The van der Waals surface area contributed by atoms with Gasteiger partial charge in [0.1, 0.15) is 4.88 Å². The Labute approximate surface area is 125 Å². The van der Waals surface area contributed by atoms with Gasteiger partial charge in [0.15, 0.2) is 0 Å². The Hall–Kier alpha value is -1.11. The molecule has 1 saturated carbocycles. The van der Waals surface area contributed by atoms with E-state index < -0.39 is 18.1 Å². The molecule has 1 heterocycles. The highest BCUT2D eigenvalue weighted by Gasteiger charge is 2.42. The van der Waals surface area contributed by atoms with E-state index in [1.807, 2.05) is 0 Å². The lowest BCUT2D eigenvalue weighted by atomic mass is 9.82. The number of aryl methyl sites for hydroxylation is 1. The summed E-state index contributed by atoms with van der Waals surface area (Å²) in [6.45, 7) is 3.75. The van der Waals surface area contributed by atoms with Gasteiger partial charge < -0.3 is 4.74 Å². The van der Waals surface area contributed by atoms with Crippen LogP contribution < -0.4 is 0 Å². The first-order chi connectivity index (χ1) is 9.82. The van der Waals surface area contributed by atoms with Gasteiger partial charge in [-0.25, -0.2) is 9.78 Å². The molecule has 1 aromatic rings. The van der Waals surface area contributed by atoms with Crippen molar-refractivity contribution < 1.29 is 22.7 Å². The Kier molecular flexibility index (Phi) is 4.91.